The molecular weight excluding hydrogens is 304 g/mol. The summed E-state index contributed by atoms with van der Waals surface area (Å²) in [7, 11) is 0. The van der Waals surface area contributed by atoms with Crippen LogP contribution in [0.25, 0.3) is 5.69 Å². The van der Waals surface area contributed by atoms with E-state index in [0.717, 1.165) is 16.9 Å². The highest BCUT2D eigenvalue weighted by Gasteiger charge is 2.25. The summed E-state index contributed by atoms with van der Waals surface area (Å²) in [6.07, 6.45) is -0.132. The van der Waals surface area contributed by atoms with E-state index < -0.39 is 11.9 Å². The summed E-state index contributed by atoms with van der Waals surface area (Å²) in [6, 6.07) is 18.7. The smallest absolute Gasteiger partial charge is 0.304 e. The zero-order chi connectivity index (χ0) is 17.1. The molecule has 0 aliphatic carbocycles. The molecule has 1 aromatic heterocycles. The Morgan fingerprint density at radius 3 is 2.25 bits per heavy atom. The van der Waals surface area contributed by atoms with Crippen molar-refractivity contribution in [3.63, 3.8) is 0 Å². The highest BCUT2D eigenvalue weighted by Crippen LogP contribution is 2.28. The van der Waals surface area contributed by atoms with E-state index in [1.165, 1.54) is 0 Å². The molecule has 1 heterocycles. The number of rotatable bonds is 5. The predicted molar refractivity (Wildman–Crippen MR) is 91.7 cm³/mol. The van der Waals surface area contributed by atoms with Crippen molar-refractivity contribution in [1.29, 1.82) is 0 Å². The maximum Gasteiger partial charge on any atom is 0.304 e. The first-order chi connectivity index (χ1) is 11.6. The average Bonchev–Trinajstić information content (AvgIpc) is 2.89. The standard InChI is InChI=1S/C19H18N2O3/c1-13-18(16(12-17(22)23)14-8-4-2-5-9-14)19(24)20-21(13)15-10-6-3-7-11-15/h2-11,16H,12H2,1H3,(H,20,24)(H,22,23). The van der Waals surface area contributed by atoms with Crippen molar-refractivity contribution in [1.82, 2.24) is 9.78 Å². The van der Waals surface area contributed by atoms with Crippen LogP contribution in [-0.4, -0.2) is 20.9 Å². The molecule has 2 aromatic carbocycles. The third-order valence-corrected chi connectivity index (χ3v) is 4.13. The van der Waals surface area contributed by atoms with Crippen LogP contribution in [0.2, 0.25) is 0 Å². The average molecular weight is 322 g/mol. The molecule has 0 radical (unpaired) electrons. The second kappa shape index (κ2) is 6.58. The quantitative estimate of drug-likeness (QED) is 0.758. The van der Waals surface area contributed by atoms with E-state index in [1.807, 2.05) is 67.6 Å². The Bertz CT molecular complexity index is 895. The second-order valence-corrected chi connectivity index (χ2v) is 5.67. The molecule has 2 N–H and O–H groups in total. The van der Waals surface area contributed by atoms with Crippen molar-refractivity contribution in [3.05, 3.63) is 87.8 Å². The summed E-state index contributed by atoms with van der Waals surface area (Å²) >= 11 is 0. The molecule has 5 heteroatoms. The molecule has 1 atom stereocenters. The van der Waals surface area contributed by atoms with Gasteiger partial charge in [-0.1, -0.05) is 48.5 Å². The first-order valence-electron chi connectivity index (χ1n) is 7.71. The fourth-order valence-corrected chi connectivity index (χ4v) is 3.02. The lowest BCUT2D eigenvalue weighted by molar-refractivity contribution is -0.137. The molecule has 0 fully saturated rings. The molecular formula is C19H18N2O3. The van der Waals surface area contributed by atoms with Gasteiger partial charge in [-0.15, -0.1) is 0 Å². The van der Waals surface area contributed by atoms with Crippen molar-refractivity contribution in [2.75, 3.05) is 0 Å². The minimum Gasteiger partial charge on any atom is -0.481 e. The van der Waals surface area contributed by atoms with Gasteiger partial charge in [0.2, 0.25) is 0 Å². The lowest BCUT2D eigenvalue weighted by Crippen LogP contribution is -2.16. The SMILES string of the molecule is Cc1c(C(CC(=O)O)c2ccccc2)c(=O)[nH]n1-c1ccccc1. The van der Waals surface area contributed by atoms with Crippen LogP contribution >= 0.6 is 0 Å². The molecule has 0 aliphatic rings. The molecule has 122 valence electrons. The van der Waals surface area contributed by atoms with Gasteiger partial charge in [-0.3, -0.25) is 19.4 Å². The van der Waals surface area contributed by atoms with E-state index in [4.69, 9.17) is 0 Å². The number of aromatic amines is 1. The Labute approximate surface area is 139 Å². The van der Waals surface area contributed by atoms with E-state index >= 15 is 0 Å². The molecule has 3 aromatic rings. The van der Waals surface area contributed by atoms with Gasteiger partial charge in [0.15, 0.2) is 0 Å². The molecule has 1 unspecified atom stereocenters. The van der Waals surface area contributed by atoms with Gasteiger partial charge in [-0.05, 0) is 24.6 Å². The van der Waals surface area contributed by atoms with Gasteiger partial charge < -0.3 is 5.11 Å². The third-order valence-electron chi connectivity index (χ3n) is 4.13. The number of aromatic nitrogens is 2. The lowest BCUT2D eigenvalue weighted by atomic mass is 9.89. The van der Waals surface area contributed by atoms with Crippen molar-refractivity contribution >= 4 is 5.97 Å². The summed E-state index contributed by atoms with van der Waals surface area (Å²) in [6.45, 7) is 1.83. The summed E-state index contributed by atoms with van der Waals surface area (Å²) < 4.78 is 1.70. The number of hydrogen-bond acceptors (Lipinski definition) is 2. The van der Waals surface area contributed by atoms with Crippen LogP contribution in [0.4, 0.5) is 0 Å². The third kappa shape index (κ3) is 3.01. The maximum atomic E-state index is 12.6. The van der Waals surface area contributed by atoms with Crippen molar-refractivity contribution in [3.8, 4) is 5.69 Å². The van der Waals surface area contributed by atoms with Gasteiger partial charge in [0.1, 0.15) is 0 Å². The number of benzene rings is 2. The fourth-order valence-electron chi connectivity index (χ4n) is 3.02. The van der Waals surface area contributed by atoms with E-state index in [-0.39, 0.29) is 12.0 Å². The molecule has 3 rings (SSSR count). The topological polar surface area (TPSA) is 75.1 Å². The number of hydrogen-bond donors (Lipinski definition) is 2. The molecule has 24 heavy (non-hydrogen) atoms. The van der Waals surface area contributed by atoms with Gasteiger partial charge in [-0.2, -0.15) is 0 Å². The summed E-state index contributed by atoms with van der Waals surface area (Å²) in [5.74, 6) is -1.42. The molecule has 0 saturated carbocycles. The molecule has 0 aliphatic heterocycles. The summed E-state index contributed by atoms with van der Waals surface area (Å²) in [5.41, 5.74) is 2.61. The van der Waals surface area contributed by atoms with Crippen LogP contribution in [0.5, 0.6) is 0 Å². The zero-order valence-corrected chi connectivity index (χ0v) is 13.3. The van der Waals surface area contributed by atoms with Gasteiger partial charge in [0, 0.05) is 17.2 Å². The Hall–Kier alpha value is -3.08. The van der Waals surface area contributed by atoms with Gasteiger partial charge in [0.25, 0.3) is 5.56 Å². The maximum absolute atomic E-state index is 12.6. The van der Waals surface area contributed by atoms with Crippen LogP contribution in [0.3, 0.4) is 0 Å². The van der Waals surface area contributed by atoms with Crippen molar-refractivity contribution in [2.24, 2.45) is 0 Å². The van der Waals surface area contributed by atoms with Crippen LogP contribution in [-0.2, 0) is 4.79 Å². The zero-order valence-electron chi connectivity index (χ0n) is 13.3. The number of nitrogens with one attached hydrogen (secondary N) is 1. The highest BCUT2D eigenvalue weighted by molar-refractivity contribution is 5.69. The van der Waals surface area contributed by atoms with Crippen LogP contribution in [0.15, 0.2) is 65.5 Å². The van der Waals surface area contributed by atoms with Crippen molar-refractivity contribution in [2.45, 2.75) is 19.3 Å². The van der Waals surface area contributed by atoms with E-state index in [1.54, 1.807) is 4.68 Å². The Kier molecular flexibility index (Phi) is 4.33. The lowest BCUT2D eigenvalue weighted by Gasteiger charge is -2.15. The minimum absolute atomic E-state index is 0.132. The number of aliphatic carboxylic acids is 1. The second-order valence-electron chi connectivity index (χ2n) is 5.67. The Morgan fingerprint density at radius 1 is 1.08 bits per heavy atom. The molecule has 0 bridgehead atoms. The van der Waals surface area contributed by atoms with E-state index in [9.17, 15) is 14.7 Å². The molecule has 0 spiro atoms. The highest BCUT2D eigenvalue weighted by atomic mass is 16.4. The number of nitrogens with zero attached hydrogens (tertiary/aromatic N) is 1. The van der Waals surface area contributed by atoms with Crippen LogP contribution in [0, 0.1) is 6.92 Å². The summed E-state index contributed by atoms with van der Waals surface area (Å²) in [4.78, 5) is 23.9. The number of carboxylic acid groups (broad SMARTS) is 1. The monoisotopic (exact) mass is 322 g/mol. The first-order valence-corrected chi connectivity index (χ1v) is 7.71. The van der Waals surface area contributed by atoms with Crippen molar-refractivity contribution < 1.29 is 9.90 Å². The number of carboxylic acids is 1. The van der Waals surface area contributed by atoms with Gasteiger partial charge in [0.05, 0.1) is 12.1 Å². The Morgan fingerprint density at radius 2 is 1.67 bits per heavy atom. The predicted octanol–water partition coefficient (Wildman–Crippen LogP) is 3.08. The van der Waals surface area contributed by atoms with Crippen LogP contribution in [0.1, 0.15) is 29.2 Å². The Balaban J connectivity index is 2.14. The number of carbonyl (C=O) groups is 1. The van der Waals surface area contributed by atoms with E-state index in [0.29, 0.717) is 5.56 Å². The van der Waals surface area contributed by atoms with Gasteiger partial charge >= 0.3 is 5.97 Å². The summed E-state index contributed by atoms with van der Waals surface area (Å²) in [5, 5.41) is 12.1. The number of para-hydroxylation sites is 1. The van der Waals surface area contributed by atoms with Gasteiger partial charge in [-0.25, -0.2) is 0 Å². The van der Waals surface area contributed by atoms with E-state index in [2.05, 4.69) is 5.10 Å². The normalized spacial score (nSPS) is 12.0. The molecule has 0 saturated heterocycles. The van der Waals surface area contributed by atoms with Crippen LogP contribution < -0.4 is 5.56 Å². The fraction of sp³-hybridized carbons (Fsp3) is 0.158. The largest absolute Gasteiger partial charge is 0.481 e. The molecule has 0 amide bonds. The first kappa shape index (κ1) is 15.8. The molecule has 5 nitrogen and oxygen atoms in total. The number of H-pyrrole nitrogens is 1. The minimum atomic E-state index is -0.935.